The van der Waals surface area contributed by atoms with Crippen LogP contribution in [0.25, 0.3) is 0 Å². The van der Waals surface area contributed by atoms with Crippen molar-refractivity contribution in [1.29, 1.82) is 5.41 Å². The maximum absolute atomic E-state index is 7.53. The highest BCUT2D eigenvalue weighted by molar-refractivity contribution is 5.82. The Morgan fingerprint density at radius 2 is 2.12 bits per heavy atom. The summed E-state index contributed by atoms with van der Waals surface area (Å²) in [7, 11) is 0. The lowest BCUT2D eigenvalue weighted by molar-refractivity contribution is -0.0870. The minimum absolute atomic E-state index is 0.0430. The van der Waals surface area contributed by atoms with E-state index in [1.165, 1.54) is 0 Å². The van der Waals surface area contributed by atoms with E-state index in [0.717, 1.165) is 32.7 Å². The summed E-state index contributed by atoms with van der Waals surface area (Å²) < 4.78 is 5.67. The fourth-order valence-corrected chi connectivity index (χ4v) is 1.88. The van der Waals surface area contributed by atoms with Crippen molar-refractivity contribution in [3.05, 3.63) is 0 Å². The van der Waals surface area contributed by atoms with E-state index in [0.29, 0.717) is 0 Å². The number of rotatable bonds is 4. The van der Waals surface area contributed by atoms with Crippen LogP contribution in [0.3, 0.4) is 0 Å². The first-order valence-corrected chi connectivity index (χ1v) is 5.94. The smallest absolute Gasteiger partial charge is 0.0963 e. The predicted octanol–water partition coefficient (Wildman–Crippen LogP) is 1.45. The van der Waals surface area contributed by atoms with Crippen molar-refractivity contribution in [3.63, 3.8) is 0 Å². The van der Waals surface area contributed by atoms with E-state index in [4.69, 9.17) is 15.9 Å². The lowest BCUT2D eigenvalue weighted by atomic mass is 9.87. The van der Waals surface area contributed by atoms with Crippen LogP contribution < -0.4 is 5.73 Å². The molecule has 0 saturated carbocycles. The van der Waals surface area contributed by atoms with Crippen LogP contribution in [0.4, 0.5) is 0 Å². The summed E-state index contributed by atoms with van der Waals surface area (Å²) >= 11 is 0. The van der Waals surface area contributed by atoms with Gasteiger partial charge < -0.3 is 10.5 Å². The van der Waals surface area contributed by atoms with Crippen molar-refractivity contribution in [3.8, 4) is 0 Å². The second kappa shape index (κ2) is 4.72. The fourth-order valence-electron chi connectivity index (χ4n) is 1.88. The highest BCUT2D eigenvalue weighted by Gasteiger charge is 2.29. The van der Waals surface area contributed by atoms with E-state index in [2.05, 4.69) is 18.7 Å². The molecule has 94 valence electrons. The molecular weight excluding hydrogens is 202 g/mol. The molecule has 3 N–H and O–H groups in total. The molecule has 1 saturated heterocycles. The molecule has 0 unspecified atom stereocenters. The van der Waals surface area contributed by atoms with Crippen LogP contribution in [0.15, 0.2) is 0 Å². The minimum Gasteiger partial charge on any atom is -0.387 e. The Kier molecular flexibility index (Phi) is 3.97. The van der Waals surface area contributed by atoms with Gasteiger partial charge in [-0.05, 0) is 26.8 Å². The van der Waals surface area contributed by atoms with Crippen molar-refractivity contribution in [1.82, 2.24) is 4.90 Å². The van der Waals surface area contributed by atoms with E-state index in [-0.39, 0.29) is 16.9 Å². The van der Waals surface area contributed by atoms with Gasteiger partial charge in [0.15, 0.2) is 0 Å². The van der Waals surface area contributed by atoms with Crippen LogP contribution in [0.1, 0.15) is 34.1 Å². The Hall–Kier alpha value is -0.610. The monoisotopic (exact) mass is 227 g/mol. The third-order valence-electron chi connectivity index (χ3n) is 3.29. The Labute approximate surface area is 98.6 Å². The van der Waals surface area contributed by atoms with Crippen LogP contribution in [-0.4, -0.2) is 42.6 Å². The lowest BCUT2D eigenvalue weighted by Crippen LogP contribution is -2.49. The summed E-state index contributed by atoms with van der Waals surface area (Å²) in [6, 6.07) is 0. The molecule has 0 amide bonds. The third kappa shape index (κ3) is 3.76. The standard InChI is InChI=1S/C12H25N3O/c1-11(2,10(13)14)5-6-15-7-8-16-12(3,4)9-15/h5-9H2,1-4H3,(H3,13,14). The molecule has 0 aromatic heterocycles. The highest BCUT2D eigenvalue weighted by atomic mass is 16.5. The molecule has 4 nitrogen and oxygen atoms in total. The molecule has 0 aliphatic carbocycles. The summed E-state index contributed by atoms with van der Waals surface area (Å²) in [5.74, 6) is 0.278. The van der Waals surface area contributed by atoms with Crippen molar-refractivity contribution in [2.75, 3.05) is 26.2 Å². The zero-order valence-corrected chi connectivity index (χ0v) is 11.0. The van der Waals surface area contributed by atoms with Gasteiger partial charge in [0, 0.05) is 18.5 Å². The van der Waals surface area contributed by atoms with Gasteiger partial charge in [0.25, 0.3) is 0 Å². The van der Waals surface area contributed by atoms with Gasteiger partial charge in [-0.1, -0.05) is 13.8 Å². The number of hydrogen-bond acceptors (Lipinski definition) is 3. The van der Waals surface area contributed by atoms with Gasteiger partial charge in [-0.15, -0.1) is 0 Å². The fraction of sp³-hybridized carbons (Fsp3) is 0.917. The van der Waals surface area contributed by atoms with E-state index in [1.807, 2.05) is 13.8 Å². The second-order valence-electron chi connectivity index (χ2n) is 5.93. The molecule has 1 heterocycles. The first-order chi connectivity index (χ1) is 7.23. The Morgan fingerprint density at radius 3 is 2.62 bits per heavy atom. The Morgan fingerprint density at radius 1 is 1.50 bits per heavy atom. The molecule has 0 radical (unpaired) electrons. The van der Waals surface area contributed by atoms with Crippen molar-refractivity contribution >= 4 is 5.84 Å². The molecule has 0 atom stereocenters. The maximum atomic E-state index is 7.53. The molecule has 1 aliphatic heterocycles. The summed E-state index contributed by atoms with van der Waals surface area (Å²) in [6.07, 6.45) is 0.929. The van der Waals surface area contributed by atoms with Crippen LogP contribution in [-0.2, 0) is 4.74 Å². The van der Waals surface area contributed by atoms with Gasteiger partial charge in [-0.3, -0.25) is 10.3 Å². The van der Waals surface area contributed by atoms with Crippen molar-refractivity contribution in [2.24, 2.45) is 11.1 Å². The van der Waals surface area contributed by atoms with Gasteiger partial charge in [-0.25, -0.2) is 0 Å². The Balaban J connectivity index is 2.41. The number of nitrogens with zero attached hydrogens (tertiary/aromatic N) is 1. The number of morpholine rings is 1. The average Bonchev–Trinajstić information content (AvgIpc) is 2.13. The topological polar surface area (TPSA) is 62.3 Å². The van der Waals surface area contributed by atoms with Gasteiger partial charge in [0.2, 0.25) is 0 Å². The molecule has 0 aromatic rings. The van der Waals surface area contributed by atoms with Crippen LogP contribution in [0, 0.1) is 10.8 Å². The van der Waals surface area contributed by atoms with E-state index < -0.39 is 0 Å². The first-order valence-electron chi connectivity index (χ1n) is 5.94. The van der Waals surface area contributed by atoms with Crippen LogP contribution in [0.5, 0.6) is 0 Å². The van der Waals surface area contributed by atoms with Crippen molar-refractivity contribution < 1.29 is 4.74 Å². The minimum atomic E-state index is -0.192. The number of ether oxygens (including phenoxy) is 1. The molecule has 4 heteroatoms. The second-order valence-corrected chi connectivity index (χ2v) is 5.93. The van der Waals surface area contributed by atoms with E-state index in [9.17, 15) is 0 Å². The lowest BCUT2D eigenvalue weighted by Gasteiger charge is -2.39. The van der Waals surface area contributed by atoms with E-state index in [1.54, 1.807) is 0 Å². The number of hydrogen-bond donors (Lipinski definition) is 2. The first kappa shape index (κ1) is 13.5. The molecule has 1 rings (SSSR count). The summed E-state index contributed by atoms with van der Waals surface area (Å²) in [5, 5.41) is 7.53. The molecule has 1 aliphatic rings. The molecule has 0 spiro atoms. The number of nitrogens with one attached hydrogen (secondary N) is 1. The van der Waals surface area contributed by atoms with Crippen LogP contribution >= 0.6 is 0 Å². The normalized spacial score (nSPS) is 22.0. The summed E-state index contributed by atoms with van der Waals surface area (Å²) in [5.41, 5.74) is 5.34. The SMILES string of the molecule is CC1(C)CN(CCC(C)(C)C(=N)N)CCO1. The molecule has 16 heavy (non-hydrogen) atoms. The third-order valence-corrected chi connectivity index (χ3v) is 3.29. The Bertz CT molecular complexity index is 261. The zero-order chi connectivity index (χ0) is 12.4. The zero-order valence-electron chi connectivity index (χ0n) is 11.0. The van der Waals surface area contributed by atoms with Gasteiger partial charge >= 0.3 is 0 Å². The quantitative estimate of drug-likeness (QED) is 0.564. The molecule has 0 aromatic carbocycles. The predicted molar refractivity (Wildman–Crippen MR) is 66.8 cm³/mol. The molecular formula is C12H25N3O. The largest absolute Gasteiger partial charge is 0.387 e. The molecule has 0 bridgehead atoms. The van der Waals surface area contributed by atoms with Crippen LogP contribution in [0.2, 0.25) is 0 Å². The number of nitrogens with two attached hydrogens (primary N) is 1. The highest BCUT2D eigenvalue weighted by Crippen LogP contribution is 2.22. The van der Waals surface area contributed by atoms with Gasteiger partial charge in [-0.2, -0.15) is 0 Å². The average molecular weight is 227 g/mol. The van der Waals surface area contributed by atoms with Gasteiger partial charge in [0.1, 0.15) is 0 Å². The maximum Gasteiger partial charge on any atom is 0.0963 e. The van der Waals surface area contributed by atoms with E-state index >= 15 is 0 Å². The number of amidine groups is 1. The summed E-state index contributed by atoms with van der Waals surface area (Å²) in [4.78, 5) is 2.40. The van der Waals surface area contributed by atoms with Gasteiger partial charge in [0.05, 0.1) is 18.0 Å². The van der Waals surface area contributed by atoms with Crippen molar-refractivity contribution in [2.45, 2.75) is 39.7 Å². The summed E-state index contributed by atoms with van der Waals surface area (Å²) in [6.45, 7) is 12.0. The molecule has 1 fully saturated rings.